The molecule has 0 unspecified atom stereocenters. The van der Waals surface area contributed by atoms with E-state index in [2.05, 4.69) is 26.4 Å². The van der Waals surface area contributed by atoms with Gasteiger partial charge < -0.3 is 16.3 Å². The van der Waals surface area contributed by atoms with Crippen LogP contribution in [0.5, 0.6) is 0 Å². The van der Waals surface area contributed by atoms with Gasteiger partial charge >= 0.3 is 0 Å². The number of nitrogens with two attached hydrogens (primary N) is 1. The number of rotatable bonds is 4. The monoisotopic (exact) mass is 291 g/mol. The Morgan fingerprint density at radius 1 is 1.73 bits per heavy atom. The fourth-order valence-electron chi connectivity index (χ4n) is 0.892. The highest BCUT2D eigenvalue weighted by Crippen LogP contribution is 2.21. The fourth-order valence-corrected chi connectivity index (χ4v) is 2.32. The van der Waals surface area contributed by atoms with Crippen LogP contribution in [0.1, 0.15) is 11.3 Å². The van der Waals surface area contributed by atoms with Crippen LogP contribution in [0.4, 0.5) is 0 Å². The topological polar surface area (TPSA) is 87.7 Å². The molecule has 0 atom stereocenters. The molecule has 0 aliphatic heterocycles. The zero-order valence-electron chi connectivity index (χ0n) is 7.74. The average molecular weight is 292 g/mol. The first-order valence-electron chi connectivity index (χ1n) is 4.08. The van der Waals surface area contributed by atoms with Gasteiger partial charge in [-0.15, -0.1) is 11.3 Å². The Hall–Kier alpha value is -1.08. The molecule has 1 amide bonds. The summed E-state index contributed by atoms with van der Waals surface area (Å²) in [6.07, 6.45) is -0.0977. The maximum Gasteiger partial charge on any atom is 0.227 e. The molecule has 0 spiro atoms. The van der Waals surface area contributed by atoms with Gasteiger partial charge in [-0.3, -0.25) is 4.79 Å². The summed E-state index contributed by atoms with van der Waals surface area (Å²) in [6, 6.07) is 1.91. The van der Waals surface area contributed by atoms with E-state index < -0.39 is 0 Å². The smallest absolute Gasteiger partial charge is 0.227 e. The zero-order valence-corrected chi connectivity index (χ0v) is 10.1. The summed E-state index contributed by atoms with van der Waals surface area (Å²) in [5, 5.41) is 15.6. The third-order valence-electron chi connectivity index (χ3n) is 1.61. The van der Waals surface area contributed by atoms with Crippen molar-refractivity contribution in [1.29, 1.82) is 0 Å². The van der Waals surface area contributed by atoms with E-state index in [9.17, 15) is 4.79 Å². The molecule has 0 aliphatic carbocycles. The number of carbonyl (C=O) groups is 1. The molecule has 1 heterocycles. The molecule has 7 heteroatoms. The summed E-state index contributed by atoms with van der Waals surface area (Å²) in [7, 11) is 0. The Bertz CT molecular complexity index is 378. The van der Waals surface area contributed by atoms with Crippen molar-refractivity contribution in [2.45, 2.75) is 13.0 Å². The number of amides is 1. The van der Waals surface area contributed by atoms with Crippen molar-refractivity contribution in [3.05, 3.63) is 20.8 Å². The molecule has 0 bridgehead atoms. The first-order valence-corrected chi connectivity index (χ1v) is 5.75. The Morgan fingerprint density at radius 3 is 3.00 bits per heavy atom. The van der Waals surface area contributed by atoms with E-state index in [1.807, 2.05) is 11.4 Å². The number of thiophene rings is 1. The third-order valence-corrected chi connectivity index (χ3v) is 3.53. The number of nitrogens with one attached hydrogen (secondary N) is 1. The lowest BCUT2D eigenvalue weighted by Crippen LogP contribution is -2.28. The summed E-state index contributed by atoms with van der Waals surface area (Å²) in [4.78, 5) is 12.3. The second-order valence-corrected chi connectivity index (χ2v) is 4.59. The van der Waals surface area contributed by atoms with Gasteiger partial charge in [-0.1, -0.05) is 5.16 Å². The van der Waals surface area contributed by atoms with Gasteiger partial charge in [0.2, 0.25) is 5.91 Å². The van der Waals surface area contributed by atoms with Gasteiger partial charge in [-0.05, 0) is 27.4 Å². The van der Waals surface area contributed by atoms with Crippen molar-refractivity contribution in [2.24, 2.45) is 10.9 Å². The molecule has 0 fully saturated rings. The molecule has 1 aromatic heterocycles. The van der Waals surface area contributed by atoms with Crippen molar-refractivity contribution in [3.8, 4) is 0 Å². The highest BCUT2D eigenvalue weighted by molar-refractivity contribution is 9.10. The lowest BCUT2D eigenvalue weighted by Gasteiger charge is -2.02. The molecular weight excluding hydrogens is 282 g/mol. The SMILES string of the molecule is NC(CC(=O)NCc1sccc1Br)=NO. The van der Waals surface area contributed by atoms with Crippen molar-refractivity contribution in [1.82, 2.24) is 5.32 Å². The molecule has 0 aliphatic rings. The van der Waals surface area contributed by atoms with Crippen molar-refractivity contribution < 1.29 is 10.0 Å². The Balaban J connectivity index is 2.38. The minimum absolute atomic E-state index is 0.0977. The molecule has 0 radical (unpaired) electrons. The molecule has 82 valence electrons. The van der Waals surface area contributed by atoms with Gasteiger partial charge in [0.15, 0.2) is 0 Å². The van der Waals surface area contributed by atoms with Crippen LogP contribution in [-0.2, 0) is 11.3 Å². The molecule has 1 rings (SSSR count). The lowest BCUT2D eigenvalue weighted by atomic mass is 10.3. The zero-order chi connectivity index (χ0) is 11.3. The normalized spacial score (nSPS) is 11.4. The van der Waals surface area contributed by atoms with E-state index in [0.29, 0.717) is 6.54 Å². The second-order valence-electron chi connectivity index (χ2n) is 2.74. The van der Waals surface area contributed by atoms with Gasteiger partial charge in [0.05, 0.1) is 13.0 Å². The van der Waals surface area contributed by atoms with Crippen LogP contribution in [0.3, 0.4) is 0 Å². The number of nitrogens with zero attached hydrogens (tertiary/aromatic N) is 1. The van der Waals surface area contributed by atoms with Gasteiger partial charge in [0, 0.05) is 9.35 Å². The van der Waals surface area contributed by atoms with E-state index in [0.717, 1.165) is 9.35 Å². The molecule has 5 nitrogen and oxygen atoms in total. The van der Waals surface area contributed by atoms with Crippen LogP contribution in [0.15, 0.2) is 21.1 Å². The van der Waals surface area contributed by atoms with Crippen LogP contribution in [-0.4, -0.2) is 17.0 Å². The van der Waals surface area contributed by atoms with E-state index in [1.165, 1.54) is 0 Å². The Labute approximate surface area is 99.1 Å². The first kappa shape index (κ1) is 12.0. The second kappa shape index (κ2) is 5.72. The van der Waals surface area contributed by atoms with E-state index in [1.54, 1.807) is 11.3 Å². The predicted octanol–water partition coefficient (Wildman–Crippen LogP) is 1.26. The van der Waals surface area contributed by atoms with E-state index in [4.69, 9.17) is 10.9 Å². The fraction of sp³-hybridized carbons (Fsp3) is 0.250. The van der Waals surface area contributed by atoms with Crippen LogP contribution in [0, 0.1) is 0 Å². The third kappa shape index (κ3) is 3.88. The van der Waals surface area contributed by atoms with Crippen LogP contribution in [0.25, 0.3) is 0 Å². The summed E-state index contributed by atoms with van der Waals surface area (Å²) >= 11 is 4.90. The van der Waals surface area contributed by atoms with E-state index in [-0.39, 0.29) is 18.2 Å². The minimum Gasteiger partial charge on any atom is -0.409 e. The van der Waals surface area contributed by atoms with Gasteiger partial charge in [-0.25, -0.2) is 0 Å². The molecule has 4 N–H and O–H groups in total. The largest absolute Gasteiger partial charge is 0.409 e. The molecule has 1 aromatic rings. The highest BCUT2D eigenvalue weighted by atomic mass is 79.9. The molecular formula is C8H10BrN3O2S. The molecule has 15 heavy (non-hydrogen) atoms. The Morgan fingerprint density at radius 2 is 2.47 bits per heavy atom. The van der Waals surface area contributed by atoms with Crippen molar-refractivity contribution >= 4 is 39.0 Å². The summed E-state index contributed by atoms with van der Waals surface area (Å²) < 4.78 is 0.969. The summed E-state index contributed by atoms with van der Waals surface area (Å²) in [5.74, 6) is -0.372. The van der Waals surface area contributed by atoms with Crippen LogP contribution >= 0.6 is 27.3 Å². The van der Waals surface area contributed by atoms with Gasteiger partial charge in [-0.2, -0.15) is 0 Å². The Kier molecular flexibility index (Phi) is 4.57. The number of carbonyl (C=O) groups excluding carboxylic acids is 1. The maximum atomic E-state index is 11.2. The lowest BCUT2D eigenvalue weighted by molar-refractivity contribution is -0.120. The van der Waals surface area contributed by atoms with Crippen molar-refractivity contribution in [2.75, 3.05) is 0 Å². The highest BCUT2D eigenvalue weighted by Gasteiger charge is 2.06. The van der Waals surface area contributed by atoms with Gasteiger partial charge in [0.25, 0.3) is 0 Å². The molecule has 0 aromatic carbocycles. The predicted molar refractivity (Wildman–Crippen MR) is 61.9 cm³/mol. The van der Waals surface area contributed by atoms with E-state index >= 15 is 0 Å². The minimum atomic E-state index is -0.273. The summed E-state index contributed by atoms with van der Waals surface area (Å²) in [5.41, 5.74) is 5.19. The first-order chi connectivity index (χ1) is 7.13. The van der Waals surface area contributed by atoms with Crippen LogP contribution in [0.2, 0.25) is 0 Å². The maximum absolute atomic E-state index is 11.2. The van der Waals surface area contributed by atoms with Crippen LogP contribution < -0.4 is 11.1 Å². The number of hydrogen-bond acceptors (Lipinski definition) is 4. The number of halogens is 1. The molecule has 0 saturated carbocycles. The average Bonchev–Trinajstić information content (AvgIpc) is 2.61. The standard InChI is InChI=1S/C8H10BrN3O2S/c9-5-1-2-15-6(5)4-11-8(13)3-7(10)12-14/h1-2,14H,3-4H2,(H2,10,12)(H,11,13). The van der Waals surface area contributed by atoms with Crippen molar-refractivity contribution in [3.63, 3.8) is 0 Å². The number of amidine groups is 1. The quantitative estimate of drug-likeness (QED) is 0.338. The number of hydrogen-bond donors (Lipinski definition) is 3. The molecule has 0 saturated heterocycles. The summed E-state index contributed by atoms with van der Waals surface area (Å²) in [6.45, 7) is 0.440. The number of oxime groups is 1. The van der Waals surface area contributed by atoms with Gasteiger partial charge in [0.1, 0.15) is 5.84 Å².